The smallest absolute Gasteiger partial charge is 0.0837 e. The van der Waals surface area contributed by atoms with Crippen molar-refractivity contribution in [2.75, 3.05) is 7.05 Å². The summed E-state index contributed by atoms with van der Waals surface area (Å²) in [5.41, 5.74) is 11.4. The number of benzene rings is 2. The minimum Gasteiger partial charge on any atom is -0.396 e. The quantitative estimate of drug-likeness (QED) is 0.559. The van der Waals surface area contributed by atoms with E-state index < -0.39 is 6.10 Å². The van der Waals surface area contributed by atoms with E-state index in [1.807, 2.05) is 62.4 Å². The fraction of sp³-hybridized carbons (Fsp3) is 0.263. The van der Waals surface area contributed by atoms with Crippen LogP contribution in [0.4, 0.5) is 0 Å². The van der Waals surface area contributed by atoms with Gasteiger partial charge in [-0.25, -0.2) is 5.84 Å². The normalized spacial score (nSPS) is 19.4. The maximum atomic E-state index is 10.6. The van der Waals surface area contributed by atoms with Crippen molar-refractivity contribution in [2.24, 2.45) is 11.6 Å². The molecule has 0 aromatic heterocycles. The first kappa shape index (κ1) is 17.1. The molecule has 1 unspecified atom stereocenters. The number of nitrogens with two attached hydrogens (primary N) is 2. The second-order valence-corrected chi connectivity index (χ2v) is 5.34. The highest BCUT2D eigenvalue weighted by molar-refractivity contribution is 5.90. The zero-order chi connectivity index (χ0) is 17.0. The molecule has 0 radical (unpaired) electrons. The molecule has 122 valence electrons. The second-order valence-electron chi connectivity index (χ2n) is 5.34. The van der Waals surface area contributed by atoms with Crippen molar-refractivity contribution >= 4 is 11.4 Å². The van der Waals surface area contributed by atoms with Crippen LogP contribution in [-0.4, -0.2) is 17.2 Å². The molecular formula is C19H25N3O. The van der Waals surface area contributed by atoms with Crippen LogP contribution in [0.5, 0.6) is 0 Å². The summed E-state index contributed by atoms with van der Waals surface area (Å²) in [6.07, 6.45) is -0.0412. The Hall–Kier alpha value is -2.30. The maximum absolute atomic E-state index is 10.6. The van der Waals surface area contributed by atoms with E-state index in [-0.39, 0.29) is 0 Å². The Morgan fingerprint density at radius 2 is 1.57 bits per heavy atom. The third kappa shape index (κ3) is 3.23. The predicted molar refractivity (Wildman–Crippen MR) is 95.8 cm³/mol. The molecular weight excluding hydrogens is 286 g/mol. The van der Waals surface area contributed by atoms with Gasteiger partial charge < -0.3 is 15.8 Å². The van der Waals surface area contributed by atoms with E-state index in [0.717, 1.165) is 28.0 Å². The summed E-state index contributed by atoms with van der Waals surface area (Å²) < 4.78 is 0. The van der Waals surface area contributed by atoms with Gasteiger partial charge in [0.25, 0.3) is 0 Å². The van der Waals surface area contributed by atoms with Gasteiger partial charge in [-0.05, 0) is 11.1 Å². The molecule has 1 aliphatic carbocycles. The predicted octanol–water partition coefficient (Wildman–Crippen LogP) is 2.89. The van der Waals surface area contributed by atoms with E-state index >= 15 is 0 Å². The van der Waals surface area contributed by atoms with Crippen LogP contribution in [0.3, 0.4) is 0 Å². The Kier molecular flexibility index (Phi) is 5.42. The molecule has 23 heavy (non-hydrogen) atoms. The largest absolute Gasteiger partial charge is 0.396 e. The Morgan fingerprint density at radius 1 is 1.00 bits per heavy atom. The van der Waals surface area contributed by atoms with Gasteiger partial charge in [0, 0.05) is 24.6 Å². The van der Waals surface area contributed by atoms with Crippen molar-refractivity contribution in [3.63, 3.8) is 0 Å². The van der Waals surface area contributed by atoms with Crippen LogP contribution in [0.2, 0.25) is 0 Å². The van der Waals surface area contributed by atoms with Gasteiger partial charge in [-0.2, -0.15) is 0 Å². The molecule has 0 bridgehead atoms. The molecule has 0 aliphatic heterocycles. The van der Waals surface area contributed by atoms with Crippen LogP contribution in [0.25, 0.3) is 11.4 Å². The topological polar surface area (TPSA) is 75.5 Å². The minimum atomic E-state index is -0.578. The molecule has 4 heteroatoms. The Morgan fingerprint density at radius 3 is 2.22 bits per heavy atom. The number of aliphatic hydroxyl groups is 1. The van der Waals surface area contributed by atoms with Crippen LogP contribution in [0.1, 0.15) is 42.2 Å². The summed E-state index contributed by atoms with van der Waals surface area (Å²) in [5.74, 6) is 6.01. The van der Waals surface area contributed by atoms with Gasteiger partial charge in [0.05, 0.1) is 17.5 Å². The molecule has 2 aromatic carbocycles. The molecule has 5 N–H and O–H groups in total. The van der Waals surface area contributed by atoms with E-state index in [1.54, 1.807) is 7.05 Å². The van der Waals surface area contributed by atoms with Crippen molar-refractivity contribution in [1.82, 2.24) is 5.01 Å². The molecule has 0 saturated heterocycles. The fourth-order valence-corrected chi connectivity index (χ4v) is 2.94. The molecule has 2 aromatic rings. The maximum Gasteiger partial charge on any atom is 0.0837 e. The molecule has 1 atom stereocenters. The van der Waals surface area contributed by atoms with E-state index in [4.69, 9.17) is 11.6 Å². The second kappa shape index (κ2) is 7.31. The third-order valence-corrected chi connectivity index (χ3v) is 3.90. The Labute approximate surface area is 138 Å². The van der Waals surface area contributed by atoms with E-state index in [2.05, 4.69) is 0 Å². The molecule has 0 fully saturated rings. The van der Waals surface area contributed by atoms with Crippen molar-refractivity contribution in [3.05, 3.63) is 70.8 Å². The highest BCUT2D eigenvalue weighted by Gasteiger charge is 2.24. The number of nitrogens with zero attached hydrogens (tertiary/aromatic N) is 1. The van der Waals surface area contributed by atoms with Gasteiger partial charge in [-0.3, -0.25) is 0 Å². The first-order valence-corrected chi connectivity index (χ1v) is 7.93. The van der Waals surface area contributed by atoms with Crippen LogP contribution in [0.15, 0.2) is 48.5 Å². The Balaban J connectivity index is 0.000000924. The van der Waals surface area contributed by atoms with E-state index in [1.165, 1.54) is 5.01 Å². The average Bonchev–Trinajstić information content (AvgIpc) is 2.56. The number of hydrogen-bond donors (Lipinski definition) is 3. The first-order valence-electron chi connectivity index (χ1n) is 7.93. The summed E-state index contributed by atoms with van der Waals surface area (Å²) in [6.45, 7) is 4.00. The standard InChI is InChI=1S/C17H19N3O.C2H6/c1-20(19)17-14-9-5-4-8-13(14)15(21)10-11-6-2-3-7-12(11)16(17)18;1-2/h2-9,15,21H,10,18-19H2,1H3;1-2H3/b17-16-;. The van der Waals surface area contributed by atoms with E-state index in [0.29, 0.717) is 12.1 Å². The molecule has 0 amide bonds. The summed E-state index contributed by atoms with van der Waals surface area (Å²) in [6, 6.07) is 15.6. The van der Waals surface area contributed by atoms with Crippen molar-refractivity contribution in [2.45, 2.75) is 26.4 Å². The molecule has 3 rings (SSSR count). The lowest BCUT2D eigenvalue weighted by atomic mass is 9.88. The van der Waals surface area contributed by atoms with Crippen molar-refractivity contribution < 1.29 is 5.11 Å². The summed E-state index contributed by atoms with van der Waals surface area (Å²) in [4.78, 5) is 0. The zero-order valence-corrected chi connectivity index (χ0v) is 14.0. The number of hydrazine groups is 1. The van der Waals surface area contributed by atoms with Gasteiger partial charge in [0.1, 0.15) is 0 Å². The summed E-state index contributed by atoms with van der Waals surface area (Å²) in [7, 11) is 1.76. The number of rotatable bonds is 1. The van der Waals surface area contributed by atoms with Gasteiger partial charge >= 0.3 is 0 Å². The highest BCUT2D eigenvalue weighted by Crippen LogP contribution is 2.35. The first-order chi connectivity index (χ1) is 11.1. The number of aliphatic hydroxyl groups excluding tert-OH is 1. The van der Waals surface area contributed by atoms with Gasteiger partial charge in [-0.15, -0.1) is 0 Å². The molecule has 0 spiro atoms. The lowest BCUT2D eigenvalue weighted by Gasteiger charge is -2.27. The molecule has 0 saturated carbocycles. The molecule has 4 nitrogen and oxygen atoms in total. The number of fused-ring (bicyclic) bond motifs is 2. The summed E-state index contributed by atoms with van der Waals surface area (Å²) >= 11 is 0. The monoisotopic (exact) mass is 311 g/mol. The zero-order valence-electron chi connectivity index (χ0n) is 14.0. The summed E-state index contributed by atoms with van der Waals surface area (Å²) in [5, 5.41) is 12.1. The van der Waals surface area contributed by atoms with Crippen LogP contribution in [-0.2, 0) is 6.42 Å². The molecule has 1 aliphatic rings. The van der Waals surface area contributed by atoms with Crippen LogP contribution < -0.4 is 11.6 Å². The van der Waals surface area contributed by atoms with Gasteiger partial charge in [0.2, 0.25) is 0 Å². The lowest BCUT2D eigenvalue weighted by molar-refractivity contribution is 0.177. The fourth-order valence-electron chi connectivity index (χ4n) is 2.94. The van der Waals surface area contributed by atoms with Gasteiger partial charge in [-0.1, -0.05) is 62.4 Å². The molecule has 0 heterocycles. The van der Waals surface area contributed by atoms with Crippen molar-refractivity contribution in [1.29, 1.82) is 0 Å². The van der Waals surface area contributed by atoms with Gasteiger partial charge in [0.15, 0.2) is 0 Å². The minimum absolute atomic E-state index is 0.537. The van der Waals surface area contributed by atoms with E-state index in [9.17, 15) is 5.11 Å². The average molecular weight is 311 g/mol. The number of hydrogen-bond acceptors (Lipinski definition) is 4. The lowest BCUT2D eigenvalue weighted by Crippen LogP contribution is -2.28. The highest BCUT2D eigenvalue weighted by atomic mass is 16.3. The SMILES string of the molecule is CC.CN(N)/C1=C(\N)c2ccccc2CC(O)c2ccccc21. The Bertz CT molecular complexity index is 707. The van der Waals surface area contributed by atoms with Crippen LogP contribution >= 0.6 is 0 Å². The van der Waals surface area contributed by atoms with Crippen LogP contribution in [0, 0.1) is 0 Å². The third-order valence-electron chi connectivity index (χ3n) is 3.90. The van der Waals surface area contributed by atoms with Crippen molar-refractivity contribution in [3.8, 4) is 0 Å².